The topological polar surface area (TPSA) is 85.4 Å². The van der Waals surface area contributed by atoms with Crippen LogP contribution in [0.1, 0.15) is 22.5 Å². The molecule has 0 unspecified atom stereocenters. The molecule has 0 saturated carbocycles. The Hall–Kier alpha value is -3.02. The maximum Gasteiger partial charge on any atom is 0.293 e. The quantitative estimate of drug-likeness (QED) is 0.502. The van der Waals surface area contributed by atoms with Crippen LogP contribution in [0.2, 0.25) is 0 Å². The van der Waals surface area contributed by atoms with Crippen LogP contribution in [-0.2, 0) is 9.59 Å². The van der Waals surface area contributed by atoms with Gasteiger partial charge in [0.25, 0.3) is 5.91 Å². The van der Waals surface area contributed by atoms with E-state index in [1.165, 1.54) is 7.11 Å². The number of pyridine rings is 1. The van der Waals surface area contributed by atoms with Gasteiger partial charge in [-0.05, 0) is 43.3 Å². The number of ether oxygens (including phenoxy) is 1. The van der Waals surface area contributed by atoms with Gasteiger partial charge in [-0.2, -0.15) is 0 Å². The Labute approximate surface area is 133 Å². The Morgan fingerprint density at radius 1 is 1.09 bits per heavy atom. The fraction of sp³-hybridized carbons (Fsp3) is 0.176. The molecule has 1 N–H and O–H groups in total. The highest BCUT2D eigenvalue weighted by atomic mass is 16.5. The van der Waals surface area contributed by atoms with Gasteiger partial charge >= 0.3 is 0 Å². The van der Waals surface area contributed by atoms with Crippen LogP contribution in [0.25, 0.3) is 0 Å². The SMILES string of the molecule is COc1ccc(C(=O)CC(=O)C(=O)Nc2cccc(C)n2)cc1. The molecule has 0 aliphatic rings. The molecule has 0 bridgehead atoms. The summed E-state index contributed by atoms with van der Waals surface area (Å²) >= 11 is 0. The zero-order valence-corrected chi connectivity index (χ0v) is 12.8. The van der Waals surface area contributed by atoms with Crippen LogP contribution in [-0.4, -0.2) is 29.6 Å². The third-order valence-electron chi connectivity index (χ3n) is 3.12. The molecule has 2 rings (SSSR count). The van der Waals surface area contributed by atoms with E-state index in [2.05, 4.69) is 10.3 Å². The summed E-state index contributed by atoms with van der Waals surface area (Å²) in [5.74, 6) is -1.21. The van der Waals surface area contributed by atoms with Crippen molar-refractivity contribution in [3.63, 3.8) is 0 Å². The van der Waals surface area contributed by atoms with Gasteiger partial charge in [0, 0.05) is 11.3 Å². The second-order valence-electron chi connectivity index (χ2n) is 4.87. The smallest absolute Gasteiger partial charge is 0.293 e. The van der Waals surface area contributed by atoms with Crippen LogP contribution < -0.4 is 10.1 Å². The summed E-state index contributed by atoms with van der Waals surface area (Å²) in [7, 11) is 1.52. The number of ketones is 2. The van der Waals surface area contributed by atoms with Crippen molar-refractivity contribution >= 4 is 23.3 Å². The lowest BCUT2D eigenvalue weighted by molar-refractivity contribution is -0.134. The van der Waals surface area contributed by atoms with Crippen molar-refractivity contribution in [2.75, 3.05) is 12.4 Å². The molecule has 118 valence electrons. The minimum absolute atomic E-state index is 0.278. The lowest BCUT2D eigenvalue weighted by atomic mass is 10.1. The number of aromatic nitrogens is 1. The van der Waals surface area contributed by atoms with E-state index in [1.807, 2.05) is 0 Å². The van der Waals surface area contributed by atoms with Crippen LogP contribution in [0, 0.1) is 6.92 Å². The highest BCUT2D eigenvalue weighted by Gasteiger charge is 2.19. The molecule has 1 amide bonds. The van der Waals surface area contributed by atoms with E-state index in [-0.39, 0.29) is 5.82 Å². The molecule has 0 spiro atoms. The second-order valence-corrected chi connectivity index (χ2v) is 4.87. The largest absolute Gasteiger partial charge is 0.497 e. The Morgan fingerprint density at radius 3 is 2.39 bits per heavy atom. The molecule has 0 radical (unpaired) electrons. The first-order valence-corrected chi connectivity index (χ1v) is 6.94. The molecule has 0 saturated heterocycles. The first-order valence-electron chi connectivity index (χ1n) is 6.94. The maximum absolute atomic E-state index is 12.0. The molecular weight excluding hydrogens is 296 g/mol. The average molecular weight is 312 g/mol. The Bertz CT molecular complexity index is 739. The van der Waals surface area contributed by atoms with Gasteiger partial charge in [-0.1, -0.05) is 6.07 Å². The lowest BCUT2D eigenvalue weighted by Gasteiger charge is -2.05. The first-order chi connectivity index (χ1) is 11.0. The van der Waals surface area contributed by atoms with Crippen molar-refractivity contribution in [3.8, 4) is 5.75 Å². The number of rotatable bonds is 6. The lowest BCUT2D eigenvalue weighted by Crippen LogP contribution is -2.25. The summed E-state index contributed by atoms with van der Waals surface area (Å²) in [6, 6.07) is 11.4. The van der Waals surface area contributed by atoms with Gasteiger partial charge in [0.1, 0.15) is 11.6 Å². The number of nitrogens with zero attached hydrogens (tertiary/aromatic N) is 1. The molecule has 0 fully saturated rings. The van der Waals surface area contributed by atoms with Gasteiger partial charge in [0.15, 0.2) is 5.78 Å². The molecule has 6 nitrogen and oxygen atoms in total. The van der Waals surface area contributed by atoms with Crippen LogP contribution in [0.4, 0.5) is 5.82 Å². The Balaban J connectivity index is 1.97. The second kappa shape index (κ2) is 7.31. The van der Waals surface area contributed by atoms with Crippen LogP contribution >= 0.6 is 0 Å². The number of carbonyl (C=O) groups excluding carboxylic acids is 3. The van der Waals surface area contributed by atoms with E-state index in [0.29, 0.717) is 17.0 Å². The standard InChI is InChI=1S/C17H16N2O4/c1-11-4-3-5-16(18-11)19-17(22)15(21)10-14(20)12-6-8-13(23-2)9-7-12/h3-9H,10H2,1-2H3,(H,18,19,22). The number of anilines is 1. The fourth-order valence-corrected chi connectivity index (χ4v) is 1.90. The molecule has 0 aliphatic carbocycles. The van der Waals surface area contributed by atoms with E-state index in [1.54, 1.807) is 49.4 Å². The summed E-state index contributed by atoms with van der Waals surface area (Å²) < 4.78 is 4.99. The zero-order valence-electron chi connectivity index (χ0n) is 12.8. The number of nitrogens with one attached hydrogen (secondary N) is 1. The predicted molar refractivity (Wildman–Crippen MR) is 84.6 cm³/mol. The molecule has 23 heavy (non-hydrogen) atoms. The van der Waals surface area contributed by atoms with E-state index in [9.17, 15) is 14.4 Å². The number of benzene rings is 1. The highest BCUT2D eigenvalue weighted by molar-refractivity contribution is 6.43. The third kappa shape index (κ3) is 4.47. The number of amides is 1. The molecular formula is C17H16N2O4. The average Bonchev–Trinajstić information content (AvgIpc) is 2.54. The summed E-state index contributed by atoms with van der Waals surface area (Å²) in [5, 5.41) is 2.39. The number of hydrogen-bond acceptors (Lipinski definition) is 5. The number of Topliss-reactive ketones (excluding diaryl/α,β-unsaturated/α-hetero) is 2. The fourth-order valence-electron chi connectivity index (χ4n) is 1.90. The Kier molecular flexibility index (Phi) is 5.19. The normalized spacial score (nSPS) is 10.0. The zero-order chi connectivity index (χ0) is 16.8. The van der Waals surface area contributed by atoms with Gasteiger partial charge in [0.05, 0.1) is 13.5 Å². The summed E-state index contributed by atoms with van der Waals surface area (Å²) in [6.45, 7) is 1.77. The van der Waals surface area contributed by atoms with Crippen LogP contribution in [0.5, 0.6) is 5.75 Å². The van der Waals surface area contributed by atoms with Crippen molar-refractivity contribution in [2.45, 2.75) is 13.3 Å². The van der Waals surface area contributed by atoms with Gasteiger partial charge < -0.3 is 10.1 Å². The number of hydrogen-bond donors (Lipinski definition) is 1. The van der Waals surface area contributed by atoms with Crippen LogP contribution in [0.15, 0.2) is 42.5 Å². The number of carbonyl (C=O) groups is 3. The molecule has 0 atom stereocenters. The van der Waals surface area contributed by atoms with Gasteiger partial charge in [-0.3, -0.25) is 14.4 Å². The summed E-state index contributed by atoms with van der Waals surface area (Å²) in [5.41, 5.74) is 1.06. The van der Waals surface area contributed by atoms with E-state index < -0.39 is 23.9 Å². The van der Waals surface area contributed by atoms with Gasteiger partial charge in [-0.25, -0.2) is 4.98 Å². The molecule has 6 heteroatoms. The molecule has 1 heterocycles. The van der Waals surface area contributed by atoms with E-state index in [0.717, 1.165) is 0 Å². The predicted octanol–water partition coefficient (Wildman–Crippen LogP) is 2.18. The van der Waals surface area contributed by atoms with Crippen molar-refractivity contribution in [2.24, 2.45) is 0 Å². The van der Waals surface area contributed by atoms with E-state index >= 15 is 0 Å². The monoisotopic (exact) mass is 312 g/mol. The van der Waals surface area contributed by atoms with Crippen molar-refractivity contribution in [1.82, 2.24) is 4.98 Å². The summed E-state index contributed by atoms with van der Waals surface area (Å²) in [6.07, 6.45) is -0.496. The molecule has 2 aromatic rings. The van der Waals surface area contributed by atoms with E-state index in [4.69, 9.17) is 4.74 Å². The van der Waals surface area contributed by atoms with Crippen molar-refractivity contribution in [3.05, 3.63) is 53.7 Å². The van der Waals surface area contributed by atoms with Gasteiger partial charge in [-0.15, -0.1) is 0 Å². The first kappa shape index (κ1) is 16.4. The Morgan fingerprint density at radius 2 is 1.78 bits per heavy atom. The molecule has 1 aromatic carbocycles. The van der Waals surface area contributed by atoms with Crippen molar-refractivity contribution < 1.29 is 19.1 Å². The van der Waals surface area contributed by atoms with Gasteiger partial charge in [0.2, 0.25) is 5.78 Å². The van der Waals surface area contributed by atoms with Crippen LogP contribution in [0.3, 0.4) is 0 Å². The third-order valence-corrected chi connectivity index (χ3v) is 3.12. The molecule has 1 aromatic heterocycles. The minimum Gasteiger partial charge on any atom is -0.497 e. The summed E-state index contributed by atoms with van der Waals surface area (Å²) in [4.78, 5) is 39.7. The van der Waals surface area contributed by atoms with Crippen molar-refractivity contribution in [1.29, 1.82) is 0 Å². The number of methoxy groups -OCH3 is 1. The number of aryl methyl sites for hydroxylation is 1. The highest BCUT2D eigenvalue weighted by Crippen LogP contribution is 2.13. The maximum atomic E-state index is 12.0. The minimum atomic E-state index is -0.857. The molecule has 0 aliphatic heterocycles.